The van der Waals surface area contributed by atoms with Gasteiger partial charge in [0.15, 0.2) is 6.61 Å². The molecular formula is C28H26ClN3O5. The number of fused-ring (bicyclic) bond motifs is 2. The minimum Gasteiger partial charge on any atom is -0.482 e. The van der Waals surface area contributed by atoms with Crippen LogP contribution in [0.1, 0.15) is 29.2 Å². The Bertz CT molecular complexity index is 1470. The topological polar surface area (TPSA) is 93.9 Å². The highest BCUT2D eigenvalue weighted by molar-refractivity contribution is 6.30. The first-order valence-electron chi connectivity index (χ1n) is 12.0. The molecule has 190 valence electrons. The Kier molecular flexibility index (Phi) is 7.01. The lowest BCUT2D eigenvalue weighted by Gasteiger charge is -2.38. The molecule has 1 unspecified atom stereocenters. The molecule has 4 aromatic rings. The number of nitrogens with zero attached hydrogens (tertiary/aromatic N) is 3. The van der Waals surface area contributed by atoms with Gasteiger partial charge in [-0.3, -0.25) is 4.79 Å². The average molecular weight is 520 g/mol. The Labute approximate surface area is 219 Å². The molecule has 0 bridgehead atoms. The summed E-state index contributed by atoms with van der Waals surface area (Å²) in [7, 11) is 1.57. The number of pyridine rings is 1. The minimum atomic E-state index is -1.08. The summed E-state index contributed by atoms with van der Waals surface area (Å²) in [4.78, 5) is 31.3. The minimum absolute atomic E-state index is 0.0339. The smallest absolute Gasteiger partial charge is 0.341 e. The summed E-state index contributed by atoms with van der Waals surface area (Å²) in [6.07, 6.45) is 2.89. The van der Waals surface area contributed by atoms with Crippen LogP contribution in [0.15, 0.2) is 66.9 Å². The number of aryl methyl sites for hydroxylation is 1. The summed E-state index contributed by atoms with van der Waals surface area (Å²) in [5, 5.41) is 10.6. The van der Waals surface area contributed by atoms with Gasteiger partial charge in [0.1, 0.15) is 11.4 Å². The molecule has 1 atom stereocenters. The van der Waals surface area contributed by atoms with Crippen LogP contribution in [0.2, 0.25) is 5.02 Å². The molecule has 0 saturated heterocycles. The van der Waals surface area contributed by atoms with E-state index in [1.54, 1.807) is 25.3 Å². The molecule has 3 heterocycles. The molecule has 1 amide bonds. The van der Waals surface area contributed by atoms with E-state index in [0.717, 1.165) is 28.6 Å². The normalized spacial score (nSPS) is 14.9. The number of amides is 1. The number of carboxylic acid groups (broad SMARTS) is 1. The molecule has 1 N–H and O–H groups in total. The quantitative estimate of drug-likeness (QED) is 0.362. The maximum Gasteiger partial charge on any atom is 0.341 e. The van der Waals surface area contributed by atoms with Crippen LogP contribution in [0, 0.1) is 0 Å². The summed E-state index contributed by atoms with van der Waals surface area (Å²) >= 11 is 6.37. The molecule has 0 fully saturated rings. The number of hydrogen-bond donors (Lipinski definition) is 1. The van der Waals surface area contributed by atoms with Crippen LogP contribution in [-0.4, -0.2) is 51.7 Å². The fourth-order valence-electron chi connectivity index (χ4n) is 4.87. The van der Waals surface area contributed by atoms with Crippen molar-refractivity contribution in [1.29, 1.82) is 0 Å². The van der Waals surface area contributed by atoms with Crippen molar-refractivity contribution >= 4 is 34.5 Å². The lowest BCUT2D eigenvalue weighted by Crippen LogP contribution is -2.41. The van der Waals surface area contributed by atoms with E-state index in [0.29, 0.717) is 35.3 Å². The molecule has 0 spiro atoms. The summed E-state index contributed by atoms with van der Waals surface area (Å²) < 4.78 is 12.8. The number of carbonyl (C=O) groups excluding carboxylic acids is 1. The van der Waals surface area contributed by atoms with E-state index in [2.05, 4.69) is 11.1 Å². The summed E-state index contributed by atoms with van der Waals surface area (Å²) in [5.74, 6) is -0.212. The van der Waals surface area contributed by atoms with Gasteiger partial charge in [-0.15, -0.1) is 0 Å². The highest BCUT2D eigenvalue weighted by atomic mass is 35.5. The van der Waals surface area contributed by atoms with Crippen LogP contribution in [-0.2, 0) is 22.6 Å². The molecule has 2 aromatic carbocycles. The predicted octanol–water partition coefficient (Wildman–Crippen LogP) is 4.73. The molecule has 37 heavy (non-hydrogen) atoms. The lowest BCUT2D eigenvalue weighted by molar-refractivity contribution is -0.139. The zero-order chi connectivity index (χ0) is 25.9. The van der Waals surface area contributed by atoms with Gasteiger partial charge in [-0.1, -0.05) is 35.9 Å². The van der Waals surface area contributed by atoms with Crippen LogP contribution >= 0.6 is 11.6 Å². The van der Waals surface area contributed by atoms with Gasteiger partial charge in [-0.2, -0.15) is 4.98 Å². The molecule has 0 saturated carbocycles. The van der Waals surface area contributed by atoms with E-state index in [4.69, 9.17) is 26.2 Å². The molecule has 2 aromatic heterocycles. The number of carbonyl (C=O) groups is 2. The van der Waals surface area contributed by atoms with Crippen molar-refractivity contribution < 1.29 is 24.2 Å². The number of methoxy groups -OCH3 is 1. The molecular weight excluding hydrogens is 494 g/mol. The predicted molar refractivity (Wildman–Crippen MR) is 139 cm³/mol. The number of aliphatic carboxylic acids is 1. The van der Waals surface area contributed by atoms with Crippen molar-refractivity contribution in [3.8, 4) is 11.6 Å². The zero-order valence-electron chi connectivity index (χ0n) is 20.3. The number of ether oxygens (including phenoxy) is 2. The Hall–Kier alpha value is -4.04. The summed E-state index contributed by atoms with van der Waals surface area (Å²) in [5.41, 5.74) is 3.52. The number of benzene rings is 2. The monoisotopic (exact) mass is 519 g/mol. The van der Waals surface area contributed by atoms with Crippen molar-refractivity contribution in [3.05, 3.63) is 88.6 Å². The van der Waals surface area contributed by atoms with Crippen LogP contribution in [0.3, 0.4) is 0 Å². The van der Waals surface area contributed by atoms with E-state index in [9.17, 15) is 9.59 Å². The molecule has 1 aliphatic rings. The molecule has 1 aliphatic heterocycles. The van der Waals surface area contributed by atoms with Gasteiger partial charge in [0.25, 0.3) is 0 Å². The highest BCUT2D eigenvalue weighted by Gasteiger charge is 2.34. The van der Waals surface area contributed by atoms with E-state index in [1.165, 1.54) is 0 Å². The maximum absolute atomic E-state index is 13.7. The number of hydrogen-bond acceptors (Lipinski definition) is 5. The van der Waals surface area contributed by atoms with Crippen molar-refractivity contribution in [1.82, 2.24) is 14.5 Å². The SMILES string of the molecule is COc1ccc2ccn(CCC(=O)N3CCc4ccccc4C3c3cc(Cl)ccc3OCC(=O)O)c2n1. The van der Waals surface area contributed by atoms with E-state index in [1.807, 2.05) is 52.1 Å². The summed E-state index contributed by atoms with van der Waals surface area (Å²) in [6, 6.07) is 18.3. The van der Waals surface area contributed by atoms with Crippen molar-refractivity contribution in [2.75, 3.05) is 20.3 Å². The molecule has 8 nitrogen and oxygen atoms in total. The molecule has 0 aliphatic carbocycles. The van der Waals surface area contributed by atoms with E-state index in [-0.39, 0.29) is 12.3 Å². The third-order valence-corrected chi connectivity index (χ3v) is 6.82. The highest BCUT2D eigenvalue weighted by Crippen LogP contribution is 2.40. The van der Waals surface area contributed by atoms with Gasteiger partial charge in [0.05, 0.1) is 13.2 Å². The zero-order valence-corrected chi connectivity index (χ0v) is 21.0. The van der Waals surface area contributed by atoms with Gasteiger partial charge < -0.3 is 24.0 Å². The first kappa shape index (κ1) is 24.6. The third kappa shape index (κ3) is 5.11. The third-order valence-electron chi connectivity index (χ3n) is 6.58. The van der Waals surface area contributed by atoms with Crippen molar-refractivity contribution in [3.63, 3.8) is 0 Å². The molecule has 9 heteroatoms. The first-order valence-corrected chi connectivity index (χ1v) is 12.3. The second kappa shape index (κ2) is 10.5. The molecule has 0 radical (unpaired) electrons. The van der Waals surface area contributed by atoms with Gasteiger partial charge >= 0.3 is 5.97 Å². The van der Waals surface area contributed by atoms with Gasteiger partial charge in [0, 0.05) is 47.7 Å². The number of aromatic nitrogens is 2. The Balaban J connectivity index is 1.47. The fraction of sp³-hybridized carbons (Fsp3) is 0.250. The van der Waals surface area contributed by atoms with Crippen molar-refractivity contribution in [2.24, 2.45) is 0 Å². The number of rotatable bonds is 8. The van der Waals surface area contributed by atoms with Crippen LogP contribution in [0.25, 0.3) is 11.0 Å². The standard InChI is InChI=1S/C28H26ClN3O5/c1-36-24-9-6-19-10-13-31(28(19)30-24)14-12-25(33)32-15-11-18-4-2-3-5-21(18)27(32)22-16-20(29)7-8-23(22)37-17-26(34)35/h2-10,13,16,27H,11-12,14-15,17H2,1H3,(H,34,35). The van der Waals surface area contributed by atoms with Crippen molar-refractivity contribution in [2.45, 2.75) is 25.4 Å². The first-order chi connectivity index (χ1) is 17.9. The Morgan fingerprint density at radius 1 is 1.11 bits per heavy atom. The van der Waals surface area contributed by atoms with E-state index >= 15 is 0 Å². The largest absolute Gasteiger partial charge is 0.482 e. The van der Waals surface area contributed by atoms with Gasteiger partial charge in [0.2, 0.25) is 11.8 Å². The second-order valence-electron chi connectivity index (χ2n) is 8.83. The van der Waals surface area contributed by atoms with Crippen LogP contribution in [0.5, 0.6) is 11.6 Å². The summed E-state index contributed by atoms with van der Waals surface area (Å²) in [6.45, 7) is 0.475. The lowest BCUT2D eigenvalue weighted by atomic mass is 9.87. The Morgan fingerprint density at radius 3 is 2.76 bits per heavy atom. The number of halogens is 1. The Morgan fingerprint density at radius 2 is 1.95 bits per heavy atom. The van der Waals surface area contributed by atoms with Gasteiger partial charge in [-0.05, 0) is 47.9 Å². The van der Waals surface area contributed by atoms with E-state index < -0.39 is 18.6 Å². The molecule has 5 rings (SSSR count). The maximum atomic E-state index is 13.7. The number of carboxylic acids is 1. The second-order valence-corrected chi connectivity index (χ2v) is 9.27. The van der Waals surface area contributed by atoms with Crippen LogP contribution < -0.4 is 9.47 Å². The average Bonchev–Trinajstić information content (AvgIpc) is 3.32. The van der Waals surface area contributed by atoms with Gasteiger partial charge in [-0.25, -0.2) is 4.79 Å². The van der Waals surface area contributed by atoms with Crippen LogP contribution in [0.4, 0.5) is 0 Å². The fourth-order valence-corrected chi connectivity index (χ4v) is 5.05.